The Bertz CT molecular complexity index is 2940. The van der Waals surface area contributed by atoms with Gasteiger partial charge in [-0.3, -0.25) is 4.79 Å². The fourth-order valence-electron chi connectivity index (χ4n) is 11.9. The van der Waals surface area contributed by atoms with Gasteiger partial charge in [0.15, 0.2) is 16.6 Å². The van der Waals surface area contributed by atoms with Crippen LogP contribution in [0.15, 0.2) is 29.2 Å². The number of rotatable bonds is 19. The Hall–Kier alpha value is -3.15. The molecule has 0 aliphatic carbocycles. The number of Topliss-reactive ketones (excluding diaryl/α,β-unsaturated/α-hetero) is 1. The first-order chi connectivity index (χ1) is 44.0. The van der Waals surface area contributed by atoms with E-state index < -0.39 is 139 Å². The monoisotopic (exact) mass is 1470 g/mol. The van der Waals surface area contributed by atoms with E-state index in [1.807, 2.05) is 38.1 Å². The molecule has 0 saturated carbocycles. The van der Waals surface area contributed by atoms with E-state index in [9.17, 15) is 0 Å². The Labute approximate surface area is 602 Å². The van der Waals surface area contributed by atoms with E-state index in [1.165, 1.54) is 14.4 Å². The van der Waals surface area contributed by atoms with Crippen LogP contribution in [-0.4, -0.2) is 183 Å². The summed E-state index contributed by atoms with van der Waals surface area (Å²) in [5.74, 6) is -3.61. The fraction of sp³-hybridized carbons (Fsp3) is 0.836. The molecule has 18 nitrogen and oxygen atoms in total. The van der Waals surface area contributed by atoms with Gasteiger partial charge in [0.25, 0.3) is 0 Å². The average Bonchev–Trinajstić information content (AvgIpc) is 1.58. The van der Waals surface area contributed by atoms with Crippen molar-refractivity contribution in [2.75, 3.05) is 26.7 Å². The zero-order valence-electron chi connectivity index (χ0n) is 67.9. The molecule has 3 aliphatic heterocycles. The van der Waals surface area contributed by atoms with E-state index in [4.69, 9.17) is 26.8 Å². The van der Waals surface area contributed by atoms with Crippen LogP contribution in [0.1, 0.15) is 177 Å². The number of hydrogen-bond acceptors (Lipinski definition) is 13. The Morgan fingerprint density at radius 1 is 0.582 bits per heavy atom. The second kappa shape index (κ2) is 32.1. The zero-order valence-corrected chi connectivity index (χ0v) is 73.9. The van der Waals surface area contributed by atoms with Crippen LogP contribution >= 0.6 is 0 Å². The molecule has 5 amide bonds. The van der Waals surface area contributed by atoms with Gasteiger partial charge in [-0.1, -0.05) is 116 Å². The minimum atomic E-state index is -2.92. The topological polar surface area (TPSA) is 213 Å². The quantitative estimate of drug-likeness (QED) is 0.110. The Morgan fingerprint density at radius 3 is 1.56 bits per heavy atom. The number of amides is 5. The molecule has 3 fully saturated rings. The van der Waals surface area contributed by atoms with Gasteiger partial charge in [0.2, 0.25) is 8.32 Å². The van der Waals surface area contributed by atoms with Gasteiger partial charge in [0.05, 0.1) is 0 Å². The molecule has 0 spiro atoms. The second-order valence-electron chi connectivity index (χ2n) is 38.6. The molecule has 12 atom stereocenters. The van der Waals surface area contributed by atoms with Crippen LogP contribution in [0.5, 0.6) is 5.75 Å². The Kier molecular flexibility index (Phi) is 28.5. The van der Waals surface area contributed by atoms with E-state index in [2.05, 4.69) is 231 Å². The Morgan fingerprint density at radius 2 is 1.07 bits per heavy atom. The van der Waals surface area contributed by atoms with Crippen LogP contribution in [0.25, 0.3) is 0 Å². The molecule has 1 aromatic rings. The van der Waals surface area contributed by atoms with Crippen molar-refractivity contribution in [2.45, 2.75) is 347 Å². The van der Waals surface area contributed by atoms with E-state index in [0.29, 0.717) is 6.42 Å². The third-order valence-electron chi connectivity index (χ3n) is 24.7. The molecule has 3 N–H and O–H groups in total. The molecule has 0 bridgehead atoms. The van der Waals surface area contributed by atoms with Crippen LogP contribution < -0.4 is 20.4 Å². The summed E-state index contributed by atoms with van der Waals surface area (Å²) < 4.78 is 41.2. The standard InChI is InChI=1S/C73H139BN6O12Si6/c1-48-45-80-62(55(48)47-93(23,24)68(4,5)6)65(84)75-41-35-36-56(78-74-87-22)58(81)44-54(49(2)88-94(25,26)69(7,8)9)66(85)79-46-53(91-97(31,32)72(16,17)18)43-57(79)63(82)77-61(64(83)76-60(67(80)86)50(3)89-95(27,28)70(10,11)12)59(92-98(33,34)73(19,20)21)42-51-37-39-52(40-38-51)90-96(29,30)71(13,14)15/h37-40,48-50,53-57,59-62H,35-36,41-47H2,1-34H3,(H,75,84)(H,76,83)(H,77,82)/t48-,49?,50?,53+,54-,55-,56?,57-,59+,60-,61-,62-/m0/s1. The summed E-state index contributed by atoms with van der Waals surface area (Å²) in [6, 6.07) is 2.66. The third-order valence-corrected chi connectivity index (χ3v) is 52.8. The molecule has 3 unspecified atom stereocenters. The van der Waals surface area contributed by atoms with Gasteiger partial charge in [-0.05, 0) is 85.4 Å². The molecular weight excluding hydrogens is 1330 g/mol. The van der Waals surface area contributed by atoms with Crippen molar-refractivity contribution in [3.63, 3.8) is 0 Å². The van der Waals surface area contributed by atoms with Crippen molar-refractivity contribution in [3.8, 4) is 5.75 Å². The predicted molar refractivity (Wildman–Crippen MR) is 416 cm³/mol. The number of nitrogens with one attached hydrogen (secondary N) is 3. The summed E-state index contributed by atoms with van der Waals surface area (Å²) in [5, 5.41) is 8.51. The average molecular weight is 1470 g/mol. The van der Waals surface area contributed by atoms with Crippen molar-refractivity contribution < 1.29 is 55.6 Å². The first-order valence-electron chi connectivity index (χ1n) is 36.6. The molecule has 25 heteroatoms. The number of nitrogens with zero attached hydrogens (tertiary/aromatic N) is 3. The van der Waals surface area contributed by atoms with Crippen molar-refractivity contribution in [2.24, 2.45) is 22.6 Å². The molecule has 3 saturated heterocycles. The number of hydrogen-bond donors (Lipinski definition) is 3. The van der Waals surface area contributed by atoms with Crippen molar-refractivity contribution in [1.29, 1.82) is 0 Å². The number of benzene rings is 1. The van der Waals surface area contributed by atoms with Gasteiger partial charge < -0.3 is 13.3 Å². The Balaban J connectivity index is 2.22. The van der Waals surface area contributed by atoms with Crippen LogP contribution in [0.2, 0.25) is 115 Å². The molecule has 4 rings (SSSR count). The van der Waals surface area contributed by atoms with Gasteiger partial charge in [0, 0.05) is 0 Å². The van der Waals surface area contributed by atoms with Crippen LogP contribution in [0.3, 0.4) is 0 Å². The van der Waals surface area contributed by atoms with Gasteiger partial charge >= 0.3 is 355 Å². The first-order valence-corrected chi connectivity index (χ1v) is 54.4. The summed E-state index contributed by atoms with van der Waals surface area (Å²) in [6.45, 7) is 71.3. The second-order valence-corrected chi connectivity index (χ2v) is 68.1. The maximum absolute atomic E-state index is 16.7. The summed E-state index contributed by atoms with van der Waals surface area (Å²) in [6.07, 6.45) is -2.90. The van der Waals surface area contributed by atoms with Gasteiger partial charge in [-0.2, -0.15) is 0 Å². The third kappa shape index (κ3) is 21.7. The van der Waals surface area contributed by atoms with Gasteiger partial charge in [0.1, 0.15) is 5.75 Å². The molecule has 1 aromatic carbocycles. The van der Waals surface area contributed by atoms with Gasteiger partial charge in [-0.15, -0.1) is 0 Å². The number of carbonyl (C=O) groups excluding carboxylic acids is 6. The molecule has 0 radical (unpaired) electrons. The number of ketones is 1. The van der Waals surface area contributed by atoms with Crippen LogP contribution in [-0.2, 0) is 57.5 Å². The summed E-state index contributed by atoms with van der Waals surface area (Å²) in [4.78, 5) is 105. The predicted octanol–water partition coefficient (Wildman–Crippen LogP) is 15.1. The van der Waals surface area contributed by atoms with Crippen molar-refractivity contribution >= 4 is 92.3 Å². The minimum absolute atomic E-state index is 0.0284. The fourth-order valence-corrected chi connectivity index (χ4v) is 20.9. The number of carbonyl (C=O) groups is 6. The van der Waals surface area contributed by atoms with E-state index in [-0.39, 0.29) is 94.0 Å². The van der Waals surface area contributed by atoms with E-state index in [1.54, 1.807) is 9.80 Å². The molecule has 98 heavy (non-hydrogen) atoms. The normalized spacial score (nSPS) is 25.6. The van der Waals surface area contributed by atoms with E-state index >= 15 is 28.8 Å². The SMILES string of the molecule is COB=NC1CCCNC(=O)[C@@H]2[C@@H](C[Si](C)(C)C(C)(C)C)[C@@H](C)CN2C(=O)[C@H](C(C)O[Si](C)(C)C(C)(C)C)NC(=O)[C@H]([C@@H](Cc2ccc(O[Si](C)(C)C(C)(C)C)cc2)O[Si](C)(C)C(C)(C)C)NC(=O)[C@@H]2C[C@@H](O[Si](C)(C)C(C)(C)C)CN2C(=O)[C@H](C(C)O[Si](C)(C)C(C)(C)C)CC1=O. The summed E-state index contributed by atoms with van der Waals surface area (Å²) in [5.41, 5.74) is 0.813. The molecule has 3 heterocycles. The molecular formula is C73H139BN6O12Si6. The van der Waals surface area contributed by atoms with Crippen LogP contribution in [0, 0.1) is 17.8 Å². The zero-order chi connectivity index (χ0) is 75.7. The summed E-state index contributed by atoms with van der Waals surface area (Å²) >= 11 is 0. The molecule has 3 aliphatic rings. The maximum atomic E-state index is 16.7. The van der Waals surface area contributed by atoms with Crippen molar-refractivity contribution in [3.05, 3.63) is 29.8 Å². The summed E-state index contributed by atoms with van der Waals surface area (Å²) in [7, 11) is -12.6. The molecule has 0 aromatic heterocycles. The number of fused-ring (bicyclic) bond motifs is 2. The first kappa shape index (κ1) is 87.3. The van der Waals surface area contributed by atoms with Crippen LogP contribution in [0.4, 0.5) is 0 Å². The molecule has 560 valence electrons. The van der Waals surface area contributed by atoms with E-state index in [0.717, 1.165) is 17.4 Å². The van der Waals surface area contributed by atoms with Crippen molar-refractivity contribution in [1.82, 2.24) is 25.8 Å². The van der Waals surface area contributed by atoms with Gasteiger partial charge in [-0.25, -0.2) is 0 Å².